The molecule has 4 rings (SSSR count). The van der Waals surface area contributed by atoms with Crippen LogP contribution in [0.25, 0.3) is 22.6 Å². The van der Waals surface area contributed by atoms with Crippen molar-refractivity contribution in [2.75, 3.05) is 18.5 Å². The number of aromatic nitrogens is 2. The maximum absolute atomic E-state index is 12.0. The average Bonchev–Trinajstić information content (AvgIpc) is 3.35. The summed E-state index contributed by atoms with van der Waals surface area (Å²) < 4.78 is 22.2. The lowest BCUT2D eigenvalue weighted by molar-refractivity contribution is -0.118. The van der Waals surface area contributed by atoms with Gasteiger partial charge in [-0.2, -0.15) is 0 Å². The van der Waals surface area contributed by atoms with E-state index >= 15 is 0 Å². The Balaban J connectivity index is 1.43. The van der Waals surface area contributed by atoms with Crippen LogP contribution >= 0.6 is 11.6 Å². The zero-order valence-electron chi connectivity index (χ0n) is 15.3. The fourth-order valence-corrected chi connectivity index (χ4v) is 2.75. The number of amides is 1. The molecule has 0 radical (unpaired) electrons. The molecule has 2 aromatic heterocycles. The number of fused-ring (bicyclic) bond motifs is 1. The summed E-state index contributed by atoms with van der Waals surface area (Å²) in [6.45, 7) is 2.19. The Morgan fingerprint density at radius 1 is 1.10 bits per heavy atom. The van der Waals surface area contributed by atoms with Gasteiger partial charge in [-0.25, -0.2) is 0 Å². The van der Waals surface area contributed by atoms with Crippen LogP contribution in [0.1, 0.15) is 6.92 Å². The molecule has 0 aliphatic rings. The van der Waals surface area contributed by atoms with E-state index in [-0.39, 0.29) is 18.5 Å². The van der Waals surface area contributed by atoms with Crippen LogP contribution < -0.4 is 14.8 Å². The Bertz CT molecular complexity index is 1140. The quantitative estimate of drug-likeness (QED) is 0.474. The summed E-state index contributed by atoms with van der Waals surface area (Å²) in [4.78, 5) is 12.0. The first-order valence-electron chi connectivity index (χ1n) is 8.80. The third-order valence-corrected chi connectivity index (χ3v) is 4.13. The summed E-state index contributed by atoms with van der Waals surface area (Å²) in [7, 11) is 0. The lowest BCUT2D eigenvalue weighted by Crippen LogP contribution is -2.20. The first-order valence-corrected chi connectivity index (χ1v) is 9.17. The number of nitrogens with one attached hydrogen (secondary N) is 1. The Morgan fingerprint density at radius 3 is 2.72 bits per heavy atom. The van der Waals surface area contributed by atoms with Crippen molar-refractivity contribution in [1.29, 1.82) is 0 Å². The smallest absolute Gasteiger partial charge is 0.322 e. The molecule has 2 aromatic carbocycles. The van der Waals surface area contributed by atoms with E-state index in [0.717, 1.165) is 5.39 Å². The Hall–Kier alpha value is -3.52. The highest BCUT2D eigenvalue weighted by Gasteiger charge is 2.17. The van der Waals surface area contributed by atoms with Crippen molar-refractivity contribution in [3.63, 3.8) is 0 Å². The van der Waals surface area contributed by atoms with Crippen molar-refractivity contribution in [1.82, 2.24) is 10.2 Å². The fourth-order valence-electron chi connectivity index (χ4n) is 2.62. The third kappa shape index (κ3) is 4.33. The normalized spacial score (nSPS) is 10.8. The van der Waals surface area contributed by atoms with Gasteiger partial charge in [0.05, 0.1) is 6.61 Å². The molecule has 0 bridgehead atoms. The number of nitrogens with zero attached hydrogens (tertiary/aromatic N) is 2. The van der Waals surface area contributed by atoms with Crippen LogP contribution in [0, 0.1) is 0 Å². The Labute approximate surface area is 170 Å². The minimum Gasteiger partial charge on any atom is -0.490 e. The van der Waals surface area contributed by atoms with Gasteiger partial charge in [-0.05, 0) is 43.3 Å². The average molecular weight is 414 g/mol. The summed E-state index contributed by atoms with van der Waals surface area (Å²) in [5, 5.41) is 11.6. The van der Waals surface area contributed by atoms with E-state index in [1.165, 1.54) is 0 Å². The number of carbonyl (C=O) groups excluding carboxylic acids is 1. The van der Waals surface area contributed by atoms with E-state index in [4.69, 9.17) is 29.9 Å². The van der Waals surface area contributed by atoms with Crippen LogP contribution in [0.3, 0.4) is 0 Å². The van der Waals surface area contributed by atoms with Gasteiger partial charge in [0.25, 0.3) is 11.8 Å². The van der Waals surface area contributed by atoms with Crippen molar-refractivity contribution < 1.29 is 23.1 Å². The van der Waals surface area contributed by atoms with Gasteiger partial charge >= 0.3 is 6.01 Å². The predicted octanol–water partition coefficient (Wildman–Crippen LogP) is 4.55. The topological polar surface area (TPSA) is 99.6 Å². The second kappa shape index (κ2) is 8.24. The standard InChI is InChI=1S/C20H16ClN3O5/c1-2-26-15-5-3-4-12-10-16(28-18(12)15)19-23-24-20(29-19)22-17(25)11-27-14-8-6-13(21)7-9-14/h3-10H,2,11H2,1H3,(H,22,24,25). The van der Waals surface area contributed by atoms with Crippen molar-refractivity contribution in [3.8, 4) is 23.1 Å². The van der Waals surface area contributed by atoms with Crippen LogP contribution in [0.5, 0.6) is 11.5 Å². The van der Waals surface area contributed by atoms with E-state index in [9.17, 15) is 4.79 Å². The minimum atomic E-state index is -0.446. The van der Waals surface area contributed by atoms with Crippen molar-refractivity contribution >= 4 is 34.5 Å². The highest BCUT2D eigenvalue weighted by molar-refractivity contribution is 6.30. The molecule has 148 valence electrons. The van der Waals surface area contributed by atoms with Crippen molar-refractivity contribution in [3.05, 3.63) is 53.6 Å². The van der Waals surface area contributed by atoms with Gasteiger partial charge in [-0.15, -0.1) is 5.10 Å². The van der Waals surface area contributed by atoms with E-state index in [1.807, 2.05) is 25.1 Å². The predicted molar refractivity (Wildman–Crippen MR) is 106 cm³/mol. The van der Waals surface area contributed by atoms with Gasteiger partial charge in [0.15, 0.2) is 23.7 Å². The monoisotopic (exact) mass is 413 g/mol. The molecular weight excluding hydrogens is 398 g/mol. The number of ether oxygens (including phenoxy) is 2. The molecule has 8 nitrogen and oxygen atoms in total. The molecule has 29 heavy (non-hydrogen) atoms. The first-order chi connectivity index (χ1) is 14.1. The third-order valence-electron chi connectivity index (χ3n) is 3.87. The summed E-state index contributed by atoms with van der Waals surface area (Å²) >= 11 is 5.81. The lowest BCUT2D eigenvalue weighted by atomic mass is 10.2. The molecule has 0 atom stereocenters. The minimum absolute atomic E-state index is 0.0600. The number of rotatable bonds is 7. The molecule has 0 saturated carbocycles. The molecule has 4 aromatic rings. The molecular formula is C20H16ClN3O5. The number of furan rings is 1. The summed E-state index contributed by atoms with van der Waals surface area (Å²) in [5.74, 6) is 1.21. The van der Waals surface area contributed by atoms with Gasteiger partial charge in [0, 0.05) is 10.4 Å². The van der Waals surface area contributed by atoms with Crippen LogP contribution in [-0.2, 0) is 4.79 Å². The van der Waals surface area contributed by atoms with Crippen LogP contribution in [0.4, 0.5) is 6.01 Å². The number of hydrogen-bond acceptors (Lipinski definition) is 7. The summed E-state index contributed by atoms with van der Waals surface area (Å²) in [6, 6.07) is 13.9. The van der Waals surface area contributed by atoms with Crippen LogP contribution in [-0.4, -0.2) is 29.3 Å². The lowest BCUT2D eigenvalue weighted by Gasteiger charge is -2.04. The highest BCUT2D eigenvalue weighted by Crippen LogP contribution is 2.33. The van der Waals surface area contributed by atoms with Gasteiger partial charge in [0.2, 0.25) is 0 Å². The molecule has 9 heteroatoms. The number of para-hydroxylation sites is 1. The molecule has 1 amide bonds. The Morgan fingerprint density at radius 2 is 1.93 bits per heavy atom. The maximum atomic E-state index is 12.0. The van der Waals surface area contributed by atoms with Crippen molar-refractivity contribution in [2.45, 2.75) is 6.92 Å². The maximum Gasteiger partial charge on any atom is 0.322 e. The Kier molecular flexibility index (Phi) is 5.35. The van der Waals surface area contributed by atoms with Crippen LogP contribution in [0.15, 0.2) is 57.4 Å². The molecule has 0 unspecified atom stereocenters. The fraction of sp³-hybridized carbons (Fsp3) is 0.150. The number of halogens is 1. The van der Waals surface area contributed by atoms with Crippen molar-refractivity contribution in [2.24, 2.45) is 0 Å². The van der Waals surface area contributed by atoms with E-state index in [1.54, 1.807) is 30.3 Å². The van der Waals surface area contributed by atoms with Gasteiger partial charge in [0.1, 0.15) is 5.75 Å². The van der Waals surface area contributed by atoms with Gasteiger partial charge in [-0.3, -0.25) is 10.1 Å². The molecule has 0 fully saturated rings. The molecule has 0 saturated heterocycles. The second-order valence-electron chi connectivity index (χ2n) is 5.92. The van der Waals surface area contributed by atoms with E-state index < -0.39 is 5.91 Å². The van der Waals surface area contributed by atoms with Crippen LogP contribution in [0.2, 0.25) is 5.02 Å². The zero-order chi connectivity index (χ0) is 20.2. The molecule has 0 spiro atoms. The van der Waals surface area contributed by atoms with Gasteiger partial charge < -0.3 is 18.3 Å². The van der Waals surface area contributed by atoms with Gasteiger partial charge in [-0.1, -0.05) is 28.8 Å². The molecule has 1 N–H and O–H groups in total. The van der Waals surface area contributed by atoms with E-state index in [0.29, 0.717) is 34.5 Å². The largest absolute Gasteiger partial charge is 0.490 e. The van der Waals surface area contributed by atoms with E-state index in [2.05, 4.69) is 15.5 Å². The summed E-state index contributed by atoms with van der Waals surface area (Å²) in [5.41, 5.74) is 0.588. The number of anilines is 1. The molecule has 0 aliphatic carbocycles. The second-order valence-corrected chi connectivity index (χ2v) is 6.36. The highest BCUT2D eigenvalue weighted by atomic mass is 35.5. The number of hydrogen-bond donors (Lipinski definition) is 1. The molecule has 2 heterocycles. The zero-order valence-corrected chi connectivity index (χ0v) is 16.1. The SMILES string of the molecule is CCOc1cccc2cc(-c3nnc(NC(=O)COc4ccc(Cl)cc4)o3)oc12. The number of carbonyl (C=O) groups is 1. The molecule has 0 aliphatic heterocycles. The number of benzene rings is 2. The first kappa shape index (κ1) is 18.8. The summed E-state index contributed by atoms with van der Waals surface area (Å²) in [6.07, 6.45) is 0.